The van der Waals surface area contributed by atoms with Gasteiger partial charge >= 0.3 is 24.2 Å². The maximum absolute atomic E-state index is 12.3. The molecule has 110 valence electrons. The van der Waals surface area contributed by atoms with E-state index in [1.807, 2.05) is 0 Å². The lowest BCUT2D eigenvalue weighted by atomic mass is 10.2. The summed E-state index contributed by atoms with van der Waals surface area (Å²) >= 11 is 0. The Labute approximate surface area is 105 Å². The minimum atomic E-state index is -6.03. The quantitative estimate of drug-likeness (QED) is 0.443. The molecule has 0 atom stereocenters. The van der Waals surface area contributed by atoms with Crippen molar-refractivity contribution < 1.29 is 41.0 Å². The lowest BCUT2D eigenvalue weighted by Crippen LogP contribution is -2.41. The molecule has 0 unspecified atom stereocenters. The van der Waals surface area contributed by atoms with Gasteiger partial charge in [-0.1, -0.05) is 6.58 Å². The van der Waals surface area contributed by atoms with Crippen LogP contribution in [-0.4, -0.2) is 30.3 Å². The number of carbonyl (C=O) groups is 2. The molecule has 0 bridgehead atoms. The van der Waals surface area contributed by atoms with Crippen LogP contribution >= 0.6 is 0 Å². The molecule has 0 saturated carbocycles. The van der Waals surface area contributed by atoms with Crippen LogP contribution in [0.25, 0.3) is 0 Å². The van der Waals surface area contributed by atoms with Gasteiger partial charge in [-0.05, 0) is 13.8 Å². The van der Waals surface area contributed by atoms with Gasteiger partial charge in [-0.15, -0.1) is 0 Å². The van der Waals surface area contributed by atoms with Crippen molar-refractivity contribution in [2.75, 3.05) is 0 Å². The van der Waals surface area contributed by atoms with E-state index in [2.05, 4.69) is 16.1 Å². The summed E-state index contributed by atoms with van der Waals surface area (Å²) in [6.07, 6.45) is -13.3. The van der Waals surface area contributed by atoms with E-state index in [0.717, 1.165) is 0 Å². The number of hydrogen-bond donors (Lipinski definition) is 0. The van der Waals surface area contributed by atoms with E-state index in [1.54, 1.807) is 0 Å². The Morgan fingerprint density at radius 1 is 1.16 bits per heavy atom. The molecule has 0 rings (SSSR count). The van der Waals surface area contributed by atoms with E-state index >= 15 is 0 Å². The molecular formula is C10H11F5O4. The van der Waals surface area contributed by atoms with Gasteiger partial charge in [0.05, 0.1) is 12.5 Å². The zero-order valence-electron chi connectivity index (χ0n) is 10.0. The first-order valence-electron chi connectivity index (χ1n) is 4.92. The number of ether oxygens (including phenoxy) is 2. The molecule has 0 fully saturated rings. The molecule has 4 nitrogen and oxygen atoms in total. The van der Waals surface area contributed by atoms with Gasteiger partial charge in [-0.3, -0.25) is 4.79 Å². The van der Waals surface area contributed by atoms with E-state index in [-0.39, 0.29) is 0 Å². The molecule has 0 amide bonds. The Kier molecular flexibility index (Phi) is 5.46. The maximum Gasteiger partial charge on any atom is 0.501 e. The van der Waals surface area contributed by atoms with Crippen LogP contribution in [0.5, 0.6) is 0 Å². The SMILES string of the molecule is C=C(CC(=O)OC(F)(F)C(F)(F)F)C(=O)OC(C)C. The minimum Gasteiger partial charge on any atom is -0.460 e. The molecule has 0 aliphatic rings. The summed E-state index contributed by atoms with van der Waals surface area (Å²) < 4.78 is 67.3. The summed E-state index contributed by atoms with van der Waals surface area (Å²) in [7, 11) is 0. The third-order valence-corrected chi connectivity index (χ3v) is 1.56. The summed E-state index contributed by atoms with van der Waals surface area (Å²) in [6.45, 7) is 5.99. The zero-order chi connectivity index (χ0) is 15.4. The lowest BCUT2D eigenvalue weighted by Gasteiger charge is -2.19. The van der Waals surface area contributed by atoms with E-state index in [1.165, 1.54) is 13.8 Å². The van der Waals surface area contributed by atoms with Crippen molar-refractivity contribution in [2.45, 2.75) is 38.7 Å². The smallest absolute Gasteiger partial charge is 0.460 e. The van der Waals surface area contributed by atoms with Crippen molar-refractivity contribution in [2.24, 2.45) is 0 Å². The Bertz CT molecular complexity index is 373. The summed E-state index contributed by atoms with van der Waals surface area (Å²) in [4.78, 5) is 21.9. The van der Waals surface area contributed by atoms with E-state index in [9.17, 15) is 31.5 Å². The monoisotopic (exact) mass is 290 g/mol. The molecule has 0 N–H and O–H groups in total. The number of hydrogen-bond acceptors (Lipinski definition) is 4. The van der Waals surface area contributed by atoms with Gasteiger partial charge in [0.1, 0.15) is 0 Å². The number of alkyl halides is 5. The maximum atomic E-state index is 12.3. The Balaban J connectivity index is 4.49. The van der Waals surface area contributed by atoms with Crippen LogP contribution in [0.1, 0.15) is 20.3 Å². The first-order chi connectivity index (χ1) is 8.36. The highest BCUT2D eigenvalue weighted by Crippen LogP contribution is 2.36. The molecule has 0 saturated heterocycles. The molecule has 0 aromatic heterocycles. The highest BCUT2D eigenvalue weighted by molar-refractivity contribution is 5.93. The van der Waals surface area contributed by atoms with Crippen LogP contribution in [0.3, 0.4) is 0 Å². The lowest BCUT2D eigenvalue weighted by molar-refractivity contribution is -0.376. The fourth-order valence-corrected chi connectivity index (χ4v) is 0.781. The third-order valence-electron chi connectivity index (χ3n) is 1.56. The Morgan fingerprint density at radius 3 is 2.00 bits per heavy atom. The molecule has 0 aliphatic heterocycles. The number of carbonyl (C=O) groups excluding carboxylic acids is 2. The van der Waals surface area contributed by atoms with Gasteiger partial charge in [0.2, 0.25) is 0 Å². The van der Waals surface area contributed by atoms with Gasteiger partial charge in [-0.25, -0.2) is 4.79 Å². The summed E-state index contributed by atoms with van der Waals surface area (Å²) in [6, 6.07) is 0. The second-order valence-corrected chi connectivity index (χ2v) is 3.72. The van der Waals surface area contributed by atoms with Crippen LogP contribution in [0.15, 0.2) is 12.2 Å². The standard InChI is InChI=1S/C10H11F5O4/c1-5(2)18-8(17)6(3)4-7(16)19-10(14,15)9(11,12)13/h5H,3-4H2,1-2H3. The fraction of sp³-hybridized carbons (Fsp3) is 0.600. The third kappa shape index (κ3) is 5.66. The van der Waals surface area contributed by atoms with Crippen molar-refractivity contribution in [1.29, 1.82) is 0 Å². The predicted octanol–water partition coefficient (Wildman–Crippen LogP) is 2.58. The van der Waals surface area contributed by atoms with Crippen molar-refractivity contribution >= 4 is 11.9 Å². The summed E-state index contributed by atoms with van der Waals surface area (Å²) in [5.41, 5.74) is -0.586. The van der Waals surface area contributed by atoms with Crippen molar-refractivity contribution in [3.8, 4) is 0 Å². The van der Waals surface area contributed by atoms with Gasteiger partial charge in [-0.2, -0.15) is 22.0 Å². The topological polar surface area (TPSA) is 52.6 Å². The van der Waals surface area contributed by atoms with Crippen molar-refractivity contribution in [3.05, 3.63) is 12.2 Å². The van der Waals surface area contributed by atoms with Crippen LogP contribution in [0, 0.1) is 0 Å². The molecule has 0 spiro atoms. The molecule has 0 aromatic rings. The second kappa shape index (κ2) is 5.98. The summed E-state index contributed by atoms with van der Waals surface area (Å²) in [5.74, 6) is -3.02. The van der Waals surface area contributed by atoms with Crippen molar-refractivity contribution in [3.63, 3.8) is 0 Å². The predicted molar refractivity (Wildman–Crippen MR) is 52.1 cm³/mol. The van der Waals surface area contributed by atoms with Gasteiger partial charge in [0.25, 0.3) is 0 Å². The normalized spacial score (nSPS) is 12.2. The average molecular weight is 290 g/mol. The van der Waals surface area contributed by atoms with E-state index < -0.39 is 42.3 Å². The fourth-order valence-electron chi connectivity index (χ4n) is 0.781. The van der Waals surface area contributed by atoms with Crippen LogP contribution < -0.4 is 0 Å². The Morgan fingerprint density at radius 2 is 1.63 bits per heavy atom. The van der Waals surface area contributed by atoms with Crippen LogP contribution in [0.4, 0.5) is 22.0 Å². The zero-order valence-corrected chi connectivity index (χ0v) is 10.0. The molecule has 0 aliphatic carbocycles. The largest absolute Gasteiger partial charge is 0.501 e. The first kappa shape index (κ1) is 17.3. The highest BCUT2D eigenvalue weighted by Gasteiger charge is 2.62. The number of halogens is 5. The molecular weight excluding hydrogens is 279 g/mol. The second-order valence-electron chi connectivity index (χ2n) is 3.72. The van der Waals surface area contributed by atoms with Gasteiger partial charge in [0, 0.05) is 5.57 Å². The minimum absolute atomic E-state index is 0.558. The number of rotatable bonds is 5. The molecule has 0 aromatic carbocycles. The van der Waals surface area contributed by atoms with Gasteiger partial charge < -0.3 is 9.47 Å². The molecule has 0 radical (unpaired) electrons. The van der Waals surface area contributed by atoms with Crippen LogP contribution in [0.2, 0.25) is 0 Å². The Hall–Kier alpha value is -1.67. The van der Waals surface area contributed by atoms with E-state index in [0.29, 0.717) is 0 Å². The summed E-state index contributed by atoms with van der Waals surface area (Å²) in [5, 5.41) is 0. The number of esters is 2. The molecule has 9 heteroatoms. The highest BCUT2D eigenvalue weighted by atomic mass is 19.4. The van der Waals surface area contributed by atoms with Crippen LogP contribution in [-0.2, 0) is 19.1 Å². The average Bonchev–Trinajstić information content (AvgIpc) is 2.12. The molecule has 0 heterocycles. The molecule has 19 heavy (non-hydrogen) atoms. The van der Waals surface area contributed by atoms with Crippen molar-refractivity contribution in [1.82, 2.24) is 0 Å². The first-order valence-corrected chi connectivity index (χ1v) is 4.92. The van der Waals surface area contributed by atoms with Gasteiger partial charge in [0.15, 0.2) is 0 Å². The van der Waals surface area contributed by atoms with E-state index in [4.69, 9.17) is 0 Å².